The third-order valence-corrected chi connectivity index (χ3v) is 2.32. The first-order valence-corrected chi connectivity index (χ1v) is 4.92. The van der Waals surface area contributed by atoms with E-state index in [1.54, 1.807) is 20.8 Å². The van der Waals surface area contributed by atoms with Crippen LogP contribution >= 0.6 is 0 Å². The van der Waals surface area contributed by atoms with Gasteiger partial charge in [0.2, 0.25) is 0 Å². The fourth-order valence-electron chi connectivity index (χ4n) is 1.60. The SMILES string of the molecule is CC(C)(C)n1nc(C(F)(F)F)c2c(N)[nH]nc21. The van der Waals surface area contributed by atoms with Gasteiger partial charge >= 0.3 is 6.18 Å². The van der Waals surface area contributed by atoms with Gasteiger partial charge in [-0.3, -0.25) is 5.10 Å². The molecule has 5 nitrogen and oxygen atoms in total. The van der Waals surface area contributed by atoms with Crippen LogP contribution in [0.2, 0.25) is 0 Å². The summed E-state index contributed by atoms with van der Waals surface area (Å²) in [6, 6.07) is 0. The molecule has 0 saturated heterocycles. The average molecular weight is 247 g/mol. The fourth-order valence-corrected chi connectivity index (χ4v) is 1.60. The number of hydrogen-bond acceptors (Lipinski definition) is 3. The highest BCUT2D eigenvalue weighted by atomic mass is 19.4. The Bertz CT molecular complexity index is 557. The molecule has 0 aliphatic heterocycles. The van der Waals surface area contributed by atoms with Crippen LogP contribution in [-0.4, -0.2) is 20.0 Å². The molecule has 3 N–H and O–H groups in total. The highest BCUT2D eigenvalue weighted by Crippen LogP contribution is 2.37. The Morgan fingerprint density at radius 3 is 2.29 bits per heavy atom. The van der Waals surface area contributed by atoms with Crippen LogP contribution < -0.4 is 5.73 Å². The van der Waals surface area contributed by atoms with Crippen molar-refractivity contribution in [1.29, 1.82) is 0 Å². The molecule has 0 spiro atoms. The van der Waals surface area contributed by atoms with Crippen molar-refractivity contribution < 1.29 is 13.2 Å². The first-order valence-electron chi connectivity index (χ1n) is 4.92. The number of fused-ring (bicyclic) bond motifs is 1. The third kappa shape index (κ3) is 1.73. The van der Waals surface area contributed by atoms with Crippen molar-refractivity contribution in [3.63, 3.8) is 0 Å². The number of nitrogen functional groups attached to an aromatic ring is 1. The quantitative estimate of drug-likeness (QED) is 0.748. The number of alkyl halides is 3. The molecule has 0 atom stereocenters. The lowest BCUT2D eigenvalue weighted by molar-refractivity contribution is -0.140. The zero-order valence-corrected chi connectivity index (χ0v) is 9.55. The lowest BCUT2D eigenvalue weighted by Crippen LogP contribution is -2.24. The minimum Gasteiger partial charge on any atom is -0.383 e. The molecule has 0 radical (unpaired) electrons. The molecule has 0 fully saturated rings. The van der Waals surface area contributed by atoms with Crippen LogP contribution in [0.15, 0.2) is 0 Å². The van der Waals surface area contributed by atoms with Gasteiger partial charge in [-0.2, -0.15) is 23.4 Å². The van der Waals surface area contributed by atoms with Gasteiger partial charge in [-0.15, -0.1) is 0 Å². The van der Waals surface area contributed by atoms with E-state index in [2.05, 4.69) is 15.3 Å². The summed E-state index contributed by atoms with van der Waals surface area (Å²) in [5, 5.41) is 9.53. The van der Waals surface area contributed by atoms with Crippen molar-refractivity contribution in [2.24, 2.45) is 0 Å². The van der Waals surface area contributed by atoms with E-state index in [-0.39, 0.29) is 16.9 Å². The van der Waals surface area contributed by atoms with Gasteiger partial charge in [0.1, 0.15) is 5.82 Å². The number of aromatic nitrogens is 4. The predicted molar refractivity (Wildman–Crippen MR) is 56.3 cm³/mol. The molecule has 2 aromatic heterocycles. The van der Waals surface area contributed by atoms with Crippen molar-refractivity contribution in [2.45, 2.75) is 32.5 Å². The first kappa shape index (κ1) is 11.7. The molecule has 8 heteroatoms. The minimum atomic E-state index is -4.55. The average Bonchev–Trinajstić information content (AvgIpc) is 2.63. The molecule has 2 heterocycles. The number of hydrogen-bond donors (Lipinski definition) is 2. The highest BCUT2D eigenvalue weighted by molar-refractivity contribution is 5.89. The van der Waals surface area contributed by atoms with Crippen LogP contribution in [-0.2, 0) is 11.7 Å². The Morgan fingerprint density at radius 1 is 1.24 bits per heavy atom. The second-order valence-corrected chi connectivity index (χ2v) is 4.76. The van der Waals surface area contributed by atoms with Gasteiger partial charge in [0.15, 0.2) is 11.3 Å². The summed E-state index contributed by atoms with van der Waals surface area (Å²) in [5.41, 5.74) is 3.96. The lowest BCUT2D eigenvalue weighted by Gasteiger charge is -2.19. The van der Waals surface area contributed by atoms with Gasteiger partial charge in [-0.05, 0) is 20.8 Å². The first-order chi connectivity index (χ1) is 7.62. The molecular formula is C9H12F3N5. The van der Waals surface area contributed by atoms with Crippen molar-refractivity contribution in [3.05, 3.63) is 5.69 Å². The largest absolute Gasteiger partial charge is 0.435 e. The van der Waals surface area contributed by atoms with Gasteiger partial charge in [-0.25, -0.2) is 4.68 Å². The summed E-state index contributed by atoms with van der Waals surface area (Å²) in [4.78, 5) is 0. The summed E-state index contributed by atoms with van der Waals surface area (Å²) in [7, 11) is 0. The molecular weight excluding hydrogens is 235 g/mol. The van der Waals surface area contributed by atoms with Crippen LogP contribution in [0.3, 0.4) is 0 Å². The van der Waals surface area contributed by atoms with Gasteiger partial charge in [0, 0.05) is 0 Å². The smallest absolute Gasteiger partial charge is 0.383 e. The fraction of sp³-hybridized carbons (Fsp3) is 0.556. The molecule has 17 heavy (non-hydrogen) atoms. The van der Waals surface area contributed by atoms with Crippen molar-refractivity contribution >= 4 is 16.9 Å². The Morgan fingerprint density at radius 2 is 1.82 bits per heavy atom. The molecule has 0 amide bonds. The molecule has 0 bridgehead atoms. The molecule has 0 aliphatic carbocycles. The maximum atomic E-state index is 12.8. The standard InChI is InChI=1S/C9H12F3N5/c1-8(2,3)17-7-4(6(13)14-15-7)5(16-17)9(10,11)12/h1-3H3,(H3,13,14,15). The number of nitrogens with one attached hydrogen (secondary N) is 1. The number of halogens is 3. The van der Waals surface area contributed by atoms with Crippen molar-refractivity contribution in [1.82, 2.24) is 20.0 Å². The van der Waals surface area contributed by atoms with E-state index in [4.69, 9.17) is 5.73 Å². The summed E-state index contributed by atoms with van der Waals surface area (Å²) >= 11 is 0. The van der Waals surface area contributed by atoms with E-state index in [0.29, 0.717) is 0 Å². The van der Waals surface area contributed by atoms with Gasteiger partial charge in [0.05, 0.1) is 10.9 Å². The summed E-state index contributed by atoms with van der Waals surface area (Å²) in [6.45, 7) is 5.22. The summed E-state index contributed by atoms with van der Waals surface area (Å²) < 4.78 is 39.6. The Kier molecular flexibility index (Phi) is 2.17. The van der Waals surface area contributed by atoms with Gasteiger partial charge in [0.25, 0.3) is 0 Å². The number of H-pyrrole nitrogens is 1. The second-order valence-electron chi connectivity index (χ2n) is 4.76. The van der Waals surface area contributed by atoms with Gasteiger partial charge in [-0.1, -0.05) is 0 Å². The number of rotatable bonds is 0. The van der Waals surface area contributed by atoms with E-state index in [9.17, 15) is 13.2 Å². The molecule has 0 unspecified atom stereocenters. The molecule has 0 aromatic carbocycles. The van der Waals surface area contributed by atoms with E-state index in [1.165, 1.54) is 4.68 Å². The molecule has 2 rings (SSSR count). The van der Waals surface area contributed by atoms with Crippen LogP contribution in [0, 0.1) is 0 Å². The number of aromatic amines is 1. The zero-order chi connectivity index (χ0) is 13.0. The van der Waals surface area contributed by atoms with Crippen LogP contribution in [0.25, 0.3) is 11.0 Å². The van der Waals surface area contributed by atoms with E-state index >= 15 is 0 Å². The van der Waals surface area contributed by atoms with Gasteiger partial charge < -0.3 is 5.73 Å². The minimum absolute atomic E-state index is 0.113. The Balaban J connectivity index is 2.83. The monoisotopic (exact) mass is 247 g/mol. The normalized spacial score (nSPS) is 13.5. The molecule has 2 aromatic rings. The van der Waals surface area contributed by atoms with E-state index in [0.717, 1.165) is 0 Å². The highest BCUT2D eigenvalue weighted by Gasteiger charge is 2.40. The second kappa shape index (κ2) is 3.14. The summed E-state index contributed by atoms with van der Waals surface area (Å²) in [6.07, 6.45) is -4.55. The van der Waals surface area contributed by atoms with Crippen molar-refractivity contribution in [3.8, 4) is 0 Å². The van der Waals surface area contributed by atoms with Crippen LogP contribution in [0.4, 0.5) is 19.0 Å². The molecule has 0 aliphatic rings. The van der Waals surface area contributed by atoms with Crippen molar-refractivity contribution in [2.75, 3.05) is 5.73 Å². The maximum Gasteiger partial charge on any atom is 0.435 e. The van der Waals surface area contributed by atoms with Crippen LogP contribution in [0.1, 0.15) is 26.5 Å². The Hall–Kier alpha value is -1.73. The third-order valence-electron chi connectivity index (χ3n) is 2.32. The number of nitrogens with two attached hydrogens (primary N) is 1. The topological polar surface area (TPSA) is 72.5 Å². The molecule has 0 saturated carbocycles. The van der Waals surface area contributed by atoms with Crippen LogP contribution in [0.5, 0.6) is 0 Å². The summed E-state index contributed by atoms with van der Waals surface area (Å²) in [5.74, 6) is -0.122. The predicted octanol–water partition coefficient (Wildman–Crippen LogP) is 2.12. The molecule has 94 valence electrons. The van der Waals surface area contributed by atoms with E-state index < -0.39 is 17.4 Å². The van der Waals surface area contributed by atoms with E-state index in [1.807, 2.05) is 0 Å². The zero-order valence-electron chi connectivity index (χ0n) is 9.55. The maximum absolute atomic E-state index is 12.8. The number of nitrogens with zero attached hydrogens (tertiary/aromatic N) is 3. The number of anilines is 1. The Labute approximate surface area is 94.8 Å². The lowest BCUT2D eigenvalue weighted by atomic mass is 10.1.